The zero-order valence-electron chi connectivity index (χ0n) is 33.2. The molecule has 0 aromatic heterocycles. The van der Waals surface area contributed by atoms with Gasteiger partial charge in [-0.15, -0.1) is 0 Å². The lowest BCUT2D eigenvalue weighted by atomic mass is 10.0. The van der Waals surface area contributed by atoms with Crippen molar-refractivity contribution >= 4 is 11.8 Å². The van der Waals surface area contributed by atoms with Crippen molar-refractivity contribution in [1.82, 2.24) is 15.5 Å². The lowest BCUT2D eigenvalue weighted by Gasteiger charge is -2.21. The molecule has 49 heavy (non-hydrogen) atoms. The largest absolute Gasteiger partial charge is 0.356 e. The van der Waals surface area contributed by atoms with Crippen LogP contribution in [0.2, 0.25) is 0 Å². The average Bonchev–Trinajstić information content (AvgIpc) is 3.10. The fourth-order valence-corrected chi connectivity index (χ4v) is 6.62. The summed E-state index contributed by atoms with van der Waals surface area (Å²) in [5, 5.41) is 6.21. The van der Waals surface area contributed by atoms with Crippen LogP contribution in [-0.4, -0.2) is 56.0 Å². The minimum absolute atomic E-state index is 0.123. The van der Waals surface area contributed by atoms with E-state index >= 15 is 0 Å². The van der Waals surface area contributed by atoms with Gasteiger partial charge in [0.1, 0.15) is 0 Å². The third-order valence-corrected chi connectivity index (χ3v) is 9.95. The molecule has 0 aliphatic heterocycles. The van der Waals surface area contributed by atoms with E-state index in [9.17, 15) is 9.59 Å². The number of carbonyl (C=O) groups is 2. The van der Waals surface area contributed by atoms with E-state index in [1.807, 2.05) is 0 Å². The highest BCUT2D eigenvalue weighted by Crippen LogP contribution is 2.14. The van der Waals surface area contributed by atoms with Gasteiger partial charge in [-0.25, -0.2) is 0 Å². The van der Waals surface area contributed by atoms with Gasteiger partial charge < -0.3 is 21.3 Å². The number of carbonyl (C=O) groups excluding carboxylic acids is 2. The summed E-state index contributed by atoms with van der Waals surface area (Å²) in [6.45, 7) is 8.79. The van der Waals surface area contributed by atoms with Gasteiger partial charge in [-0.1, -0.05) is 173 Å². The highest BCUT2D eigenvalue weighted by atomic mass is 16.2. The zero-order chi connectivity index (χ0) is 35.7. The summed E-state index contributed by atoms with van der Waals surface area (Å²) < 4.78 is 0. The second-order valence-electron chi connectivity index (χ2n) is 14.7. The highest BCUT2D eigenvalue weighted by molar-refractivity contribution is 5.76. The quantitative estimate of drug-likeness (QED) is 0.0441. The van der Waals surface area contributed by atoms with E-state index in [1.54, 1.807) is 0 Å². The number of rotatable bonds is 40. The topological polar surface area (TPSA) is 87.5 Å². The van der Waals surface area contributed by atoms with Crippen LogP contribution < -0.4 is 16.4 Å². The van der Waals surface area contributed by atoms with Crippen LogP contribution in [0.25, 0.3) is 0 Å². The van der Waals surface area contributed by atoms with E-state index < -0.39 is 0 Å². The SMILES string of the molecule is C/C=C/CCCCCCCCCCCCCCCNC(=O)CCN(CCCN)CCC(=O)NCCCCCCCCCCCCCCCC. The summed E-state index contributed by atoms with van der Waals surface area (Å²) in [6.07, 6.45) is 43.7. The molecule has 0 spiro atoms. The number of nitrogens with zero attached hydrogens (tertiary/aromatic N) is 1. The van der Waals surface area contributed by atoms with Crippen molar-refractivity contribution in [3.05, 3.63) is 12.2 Å². The van der Waals surface area contributed by atoms with Crippen molar-refractivity contribution in [3.8, 4) is 0 Å². The summed E-state index contributed by atoms with van der Waals surface area (Å²) in [5.41, 5.74) is 5.75. The number of hydrogen-bond donors (Lipinski definition) is 3. The second-order valence-corrected chi connectivity index (χ2v) is 14.7. The Kier molecular flexibility index (Phi) is 39.9. The van der Waals surface area contributed by atoms with Crippen molar-refractivity contribution in [3.63, 3.8) is 0 Å². The highest BCUT2D eigenvalue weighted by Gasteiger charge is 2.10. The summed E-state index contributed by atoms with van der Waals surface area (Å²) >= 11 is 0. The molecule has 0 atom stereocenters. The van der Waals surface area contributed by atoms with Gasteiger partial charge in [-0.2, -0.15) is 0 Å². The Balaban J connectivity index is 3.66. The Labute approximate surface area is 306 Å². The molecule has 4 N–H and O–H groups in total. The predicted octanol–water partition coefficient (Wildman–Crippen LogP) is 11.2. The summed E-state index contributed by atoms with van der Waals surface area (Å²) in [7, 11) is 0. The fourth-order valence-electron chi connectivity index (χ4n) is 6.62. The van der Waals surface area contributed by atoms with Gasteiger partial charge in [0, 0.05) is 39.0 Å². The third kappa shape index (κ3) is 39.2. The lowest BCUT2D eigenvalue weighted by Crippen LogP contribution is -2.35. The summed E-state index contributed by atoms with van der Waals surface area (Å²) in [5.74, 6) is 0.247. The van der Waals surface area contributed by atoms with Crippen LogP contribution in [0, 0.1) is 0 Å². The van der Waals surface area contributed by atoms with Crippen molar-refractivity contribution in [2.24, 2.45) is 5.73 Å². The van der Waals surface area contributed by atoms with Crippen molar-refractivity contribution in [2.45, 2.75) is 213 Å². The molecule has 0 saturated carbocycles. The fraction of sp³-hybridized carbons (Fsp3) is 0.907. The van der Waals surface area contributed by atoms with E-state index in [2.05, 4.69) is 41.5 Å². The Morgan fingerprint density at radius 3 is 1.18 bits per heavy atom. The molecule has 0 aromatic rings. The molecule has 0 aromatic carbocycles. The number of unbranched alkanes of at least 4 members (excludes halogenated alkanes) is 26. The molecule has 0 bridgehead atoms. The molecule has 0 saturated heterocycles. The van der Waals surface area contributed by atoms with Crippen LogP contribution in [0.15, 0.2) is 12.2 Å². The predicted molar refractivity (Wildman–Crippen MR) is 215 cm³/mol. The van der Waals surface area contributed by atoms with Gasteiger partial charge in [0.25, 0.3) is 0 Å². The van der Waals surface area contributed by atoms with Crippen LogP contribution in [0.3, 0.4) is 0 Å². The van der Waals surface area contributed by atoms with Crippen molar-refractivity contribution < 1.29 is 9.59 Å². The first kappa shape index (κ1) is 47.6. The molecule has 0 aliphatic rings. The number of nitrogens with two attached hydrogens (primary N) is 1. The van der Waals surface area contributed by atoms with Gasteiger partial charge in [0.2, 0.25) is 11.8 Å². The van der Waals surface area contributed by atoms with Crippen molar-refractivity contribution in [2.75, 3.05) is 39.3 Å². The Morgan fingerprint density at radius 2 is 0.837 bits per heavy atom. The molecule has 290 valence electrons. The molecule has 0 aliphatic carbocycles. The van der Waals surface area contributed by atoms with Gasteiger partial charge in [-0.3, -0.25) is 9.59 Å². The van der Waals surface area contributed by atoms with Gasteiger partial charge >= 0.3 is 0 Å². The molecule has 0 unspecified atom stereocenters. The Morgan fingerprint density at radius 1 is 0.490 bits per heavy atom. The van der Waals surface area contributed by atoms with Crippen LogP contribution in [0.1, 0.15) is 213 Å². The minimum Gasteiger partial charge on any atom is -0.356 e. The molecule has 6 nitrogen and oxygen atoms in total. The van der Waals surface area contributed by atoms with E-state index in [0.717, 1.165) is 38.9 Å². The molecule has 0 radical (unpaired) electrons. The molecule has 0 heterocycles. The first-order valence-corrected chi connectivity index (χ1v) is 21.7. The first-order chi connectivity index (χ1) is 24.1. The first-order valence-electron chi connectivity index (χ1n) is 21.7. The average molecular weight is 691 g/mol. The molecule has 0 rings (SSSR count). The van der Waals surface area contributed by atoms with Crippen LogP contribution in [0.4, 0.5) is 0 Å². The number of nitrogens with one attached hydrogen (secondary N) is 2. The molecule has 0 fully saturated rings. The van der Waals surface area contributed by atoms with E-state index in [-0.39, 0.29) is 11.8 Å². The maximum atomic E-state index is 12.4. The zero-order valence-corrected chi connectivity index (χ0v) is 33.2. The van der Waals surface area contributed by atoms with E-state index in [0.29, 0.717) is 32.5 Å². The number of amides is 2. The Bertz CT molecular complexity index is 714. The van der Waals surface area contributed by atoms with E-state index in [1.165, 1.54) is 167 Å². The monoisotopic (exact) mass is 691 g/mol. The number of allylic oxidation sites excluding steroid dienone is 2. The lowest BCUT2D eigenvalue weighted by molar-refractivity contribution is -0.121. The van der Waals surface area contributed by atoms with Gasteiger partial charge in [0.15, 0.2) is 0 Å². The van der Waals surface area contributed by atoms with Crippen LogP contribution in [-0.2, 0) is 9.59 Å². The summed E-state index contributed by atoms with van der Waals surface area (Å²) in [6, 6.07) is 0. The normalized spacial score (nSPS) is 11.6. The van der Waals surface area contributed by atoms with E-state index in [4.69, 9.17) is 5.73 Å². The second kappa shape index (κ2) is 41.0. The van der Waals surface area contributed by atoms with Gasteiger partial charge in [0.05, 0.1) is 0 Å². The smallest absolute Gasteiger partial charge is 0.221 e. The summed E-state index contributed by atoms with van der Waals surface area (Å²) in [4.78, 5) is 27.1. The van der Waals surface area contributed by atoms with Crippen LogP contribution in [0.5, 0.6) is 0 Å². The Hall–Kier alpha value is -1.40. The standard InChI is InChI=1S/C43H86N4O2/c1-3-5-7-9-11-13-15-17-19-20-22-24-26-28-30-32-38-46-43(49)35-41-47(39-33-36-44)40-34-42(48)45-37-31-29-27-25-23-21-18-16-14-12-10-8-6-4-2/h3,5H,4,6-41,44H2,1-2H3,(H,45,48)(H,46,49)/b5-3+. The van der Waals surface area contributed by atoms with Crippen LogP contribution >= 0.6 is 0 Å². The molecule has 2 amide bonds. The maximum absolute atomic E-state index is 12.4. The molecule has 6 heteroatoms. The molecular formula is C43H86N4O2. The minimum atomic E-state index is 0.123. The third-order valence-electron chi connectivity index (χ3n) is 9.95. The molecular weight excluding hydrogens is 604 g/mol. The number of hydrogen-bond acceptors (Lipinski definition) is 4. The van der Waals surface area contributed by atoms with Gasteiger partial charge in [-0.05, 0) is 52.1 Å². The van der Waals surface area contributed by atoms with Crippen molar-refractivity contribution in [1.29, 1.82) is 0 Å². The maximum Gasteiger partial charge on any atom is 0.221 e.